The molecule has 4 heteroatoms. The third-order valence-corrected chi connectivity index (χ3v) is 3.14. The van der Waals surface area contributed by atoms with Crippen molar-refractivity contribution in [1.82, 2.24) is 14.8 Å². The molecule has 0 atom stereocenters. The van der Waals surface area contributed by atoms with Crippen molar-refractivity contribution < 1.29 is 0 Å². The number of halogens is 1. The molecule has 18 heavy (non-hydrogen) atoms. The molecule has 0 unspecified atom stereocenters. The quantitative estimate of drug-likeness (QED) is 0.826. The van der Waals surface area contributed by atoms with E-state index < -0.39 is 0 Å². The molecule has 1 aromatic heterocycles. The van der Waals surface area contributed by atoms with Gasteiger partial charge in [-0.15, -0.1) is 10.2 Å². The molecule has 2 aromatic rings. The summed E-state index contributed by atoms with van der Waals surface area (Å²) in [5.41, 5.74) is 2.22. The minimum absolute atomic E-state index is 0.0937. The maximum absolute atomic E-state index is 6.15. The zero-order valence-electron chi connectivity index (χ0n) is 11.2. The van der Waals surface area contributed by atoms with Gasteiger partial charge >= 0.3 is 0 Å². The van der Waals surface area contributed by atoms with E-state index in [1.165, 1.54) is 5.56 Å². The summed E-state index contributed by atoms with van der Waals surface area (Å²) in [5, 5.41) is 8.57. The Kier molecular flexibility index (Phi) is 3.44. The molecule has 0 aliphatic carbocycles. The maximum atomic E-state index is 6.15. The van der Waals surface area contributed by atoms with Gasteiger partial charge < -0.3 is 0 Å². The van der Waals surface area contributed by atoms with Crippen LogP contribution in [0.5, 0.6) is 0 Å². The Morgan fingerprint density at radius 3 is 2.22 bits per heavy atom. The standard InChI is InChI=1S/C14H18ClN3/c1-5-10-6-8-11(9-7-10)18-12(14(2,3)4)16-17-13(18)15/h6-9H,5H2,1-4H3. The number of aromatic nitrogens is 3. The second-order valence-corrected chi connectivity index (χ2v) is 5.74. The largest absolute Gasteiger partial charge is 0.269 e. The summed E-state index contributed by atoms with van der Waals surface area (Å²) < 4.78 is 1.90. The molecule has 1 aromatic carbocycles. The average Bonchev–Trinajstić information content (AvgIpc) is 2.71. The molecule has 0 aliphatic heterocycles. The lowest BCUT2D eigenvalue weighted by atomic mass is 9.95. The first-order valence-electron chi connectivity index (χ1n) is 6.14. The Hall–Kier alpha value is -1.35. The van der Waals surface area contributed by atoms with Crippen LogP contribution >= 0.6 is 11.6 Å². The van der Waals surface area contributed by atoms with E-state index in [-0.39, 0.29) is 5.41 Å². The van der Waals surface area contributed by atoms with Gasteiger partial charge in [0.15, 0.2) is 0 Å². The Balaban J connectivity index is 2.52. The third-order valence-electron chi connectivity index (χ3n) is 2.90. The highest BCUT2D eigenvalue weighted by molar-refractivity contribution is 6.28. The average molecular weight is 264 g/mol. The van der Waals surface area contributed by atoms with E-state index in [1.807, 2.05) is 4.57 Å². The van der Waals surface area contributed by atoms with Gasteiger partial charge in [-0.1, -0.05) is 39.8 Å². The molecule has 0 amide bonds. The number of hydrogen-bond acceptors (Lipinski definition) is 2. The first-order valence-corrected chi connectivity index (χ1v) is 6.52. The molecule has 0 bridgehead atoms. The van der Waals surface area contributed by atoms with Gasteiger partial charge in [0.05, 0.1) is 0 Å². The topological polar surface area (TPSA) is 30.7 Å². The molecule has 3 nitrogen and oxygen atoms in total. The lowest BCUT2D eigenvalue weighted by Gasteiger charge is -2.19. The van der Waals surface area contributed by atoms with Crippen LogP contribution in [-0.2, 0) is 11.8 Å². The predicted molar refractivity (Wildman–Crippen MR) is 74.4 cm³/mol. The smallest absolute Gasteiger partial charge is 0.229 e. The summed E-state index contributed by atoms with van der Waals surface area (Å²) >= 11 is 6.15. The van der Waals surface area contributed by atoms with Crippen LogP contribution < -0.4 is 0 Å². The van der Waals surface area contributed by atoms with Crippen LogP contribution in [0.3, 0.4) is 0 Å². The Morgan fingerprint density at radius 2 is 1.72 bits per heavy atom. The summed E-state index contributed by atoms with van der Waals surface area (Å²) in [5.74, 6) is 0.872. The number of hydrogen-bond donors (Lipinski definition) is 0. The van der Waals surface area contributed by atoms with Crippen molar-refractivity contribution in [3.8, 4) is 5.69 Å². The lowest BCUT2D eigenvalue weighted by Crippen LogP contribution is -2.18. The Labute approximate surface area is 113 Å². The fourth-order valence-electron chi connectivity index (χ4n) is 1.86. The van der Waals surface area contributed by atoms with Gasteiger partial charge in [0.25, 0.3) is 0 Å². The minimum atomic E-state index is -0.0937. The van der Waals surface area contributed by atoms with Gasteiger partial charge in [-0.25, -0.2) is 0 Å². The van der Waals surface area contributed by atoms with E-state index in [2.05, 4.69) is 62.2 Å². The summed E-state index contributed by atoms with van der Waals surface area (Å²) in [4.78, 5) is 0. The zero-order chi connectivity index (χ0) is 13.3. The fraction of sp³-hybridized carbons (Fsp3) is 0.429. The van der Waals surface area contributed by atoms with Crippen molar-refractivity contribution in [2.45, 2.75) is 39.5 Å². The Bertz CT molecular complexity index is 535. The fourth-order valence-corrected chi connectivity index (χ4v) is 2.08. The molecule has 1 heterocycles. The zero-order valence-corrected chi connectivity index (χ0v) is 12.0. The van der Waals surface area contributed by atoms with E-state index in [9.17, 15) is 0 Å². The van der Waals surface area contributed by atoms with Crippen molar-refractivity contribution in [3.63, 3.8) is 0 Å². The van der Waals surface area contributed by atoms with Crippen LogP contribution in [-0.4, -0.2) is 14.8 Å². The molecule has 0 saturated heterocycles. The third kappa shape index (κ3) is 2.41. The van der Waals surface area contributed by atoms with Crippen LogP contribution in [0.15, 0.2) is 24.3 Å². The van der Waals surface area contributed by atoms with Crippen molar-refractivity contribution in [1.29, 1.82) is 0 Å². The summed E-state index contributed by atoms with van der Waals surface area (Å²) in [6.07, 6.45) is 1.03. The SMILES string of the molecule is CCc1ccc(-n2c(Cl)nnc2C(C)(C)C)cc1. The van der Waals surface area contributed by atoms with E-state index >= 15 is 0 Å². The van der Waals surface area contributed by atoms with Gasteiger partial charge in [-0.2, -0.15) is 0 Å². The molecule has 0 fully saturated rings. The second-order valence-electron chi connectivity index (χ2n) is 5.40. The van der Waals surface area contributed by atoms with Gasteiger partial charge in [-0.05, 0) is 35.7 Å². The normalized spacial score (nSPS) is 11.8. The lowest BCUT2D eigenvalue weighted by molar-refractivity contribution is 0.533. The summed E-state index contributed by atoms with van der Waals surface area (Å²) in [6, 6.07) is 8.34. The second kappa shape index (κ2) is 4.73. The van der Waals surface area contributed by atoms with Crippen LogP contribution in [0, 0.1) is 0 Å². The first-order chi connectivity index (χ1) is 8.43. The molecule has 2 rings (SSSR count). The molecule has 0 spiro atoms. The van der Waals surface area contributed by atoms with Crippen LogP contribution in [0.1, 0.15) is 39.1 Å². The minimum Gasteiger partial charge on any atom is -0.269 e. The van der Waals surface area contributed by atoms with Crippen LogP contribution in [0.2, 0.25) is 5.28 Å². The highest BCUT2D eigenvalue weighted by atomic mass is 35.5. The van der Waals surface area contributed by atoms with E-state index in [4.69, 9.17) is 11.6 Å². The predicted octanol–water partition coefficient (Wildman–Crippen LogP) is 3.78. The highest BCUT2D eigenvalue weighted by Crippen LogP contribution is 2.26. The van der Waals surface area contributed by atoms with Crippen LogP contribution in [0.25, 0.3) is 5.69 Å². The number of benzene rings is 1. The number of nitrogens with zero attached hydrogens (tertiary/aromatic N) is 3. The molecule has 96 valence electrons. The highest BCUT2D eigenvalue weighted by Gasteiger charge is 2.24. The van der Waals surface area contributed by atoms with Crippen molar-refractivity contribution in [2.75, 3.05) is 0 Å². The van der Waals surface area contributed by atoms with Crippen molar-refractivity contribution in [2.24, 2.45) is 0 Å². The first kappa shape index (κ1) is 13.1. The monoisotopic (exact) mass is 263 g/mol. The maximum Gasteiger partial charge on any atom is 0.229 e. The van der Waals surface area contributed by atoms with Gasteiger partial charge in [0, 0.05) is 11.1 Å². The summed E-state index contributed by atoms with van der Waals surface area (Å²) in [7, 11) is 0. The van der Waals surface area contributed by atoms with Crippen LogP contribution in [0.4, 0.5) is 0 Å². The molecule has 0 aliphatic rings. The van der Waals surface area contributed by atoms with Gasteiger partial charge in [0.1, 0.15) is 5.82 Å². The van der Waals surface area contributed by atoms with E-state index in [0.717, 1.165) is 17.9 Å². The summed E-state index contributed by atoms with van der Waals surface area (Å²) in [6.45, 7) is 8.44. The van der Waals surface area contributed by atoms with Gasteiger partial charge in [0.2, 0.25) is 5.28 Å². The molecule has 0 N–H and O–H groups in total. The molecular formula is C14H18ClN3. The number of rotatable bonds is 2. The Morgan fingerprint density at radius 1 is 1.11 bits per heavy atom. The molecule has 0 saturated carbocycles. The van der Waals surface area contributed by atoms with E-state index in [0.29, 0.717) is 5.28 Å². The molecular weight excluding hydrogens is 246 g/mol. The molecule has 0 radical (unpaired) electrons. The number of aryl methyl sites for hydroxylation is 1. The van der Waals surface area contributed by atoms with E-state index in [1.54, 1.807) is 0 Å². The van der Waals surface area contributed by atoms with Gasteiger partial charge in [-0.3, -0.25) is 4.57 Å². The van der Waals surface area contributed by atoms with Crippen molar-refractivity contribution in [3.05, 3.63) is 40.9 Å². The van der Waals surface area contributed by atoms with Crippen molar-refractivity contribution >= 4 is 11.6 Å².